The number of furan rings is 2. The van der Waals surface area contributed by atoms with Crippen LogP contribution in [0.5, 0.6) is 0 Å². The Balaban J connectivity index is 0.000000145. The summed E-state index contributed by atoms with van der Waals surface area (Å²) in [5.74, 6) is 0. The average molecular weight is 180 g/mol. The van der Waals surface area contributed by atoms with E-state index in [9.17, 15) is 0 Å². The molecule has 0 saturated heterocycles. The molecule has 0 unspecified atom stereocenters. The monoisotopic (exact) mass is 180 g/mol. The van der Waals surface area contributed by atoms with E-state index in [0.717, 1.165) is 0 Å². The summed E-state index contributed by atoms with van der Waals surface area (Å²) in [4.78, 5) is 0. The predicted octanol–water partition coefficient (Wildman–Crippen LogP) is 0.239. The smallest absolute Gasteiger partial charge is 0.473 e. The minimum atomic E-state index is -1.48. The first kappa shape index (κ1) is 9.63. The maximum atomic E-state index is 8.37. The van der Waals surface area contributed by atoms with Crippen LogP contribution in [0.1, 0.15) is 0 Å². The molecule has 0 saturated carbocycles. The summed E-state index contributed by atoms with van der Waals surface area (Å²) in [6, 6.07) is 6.75. The first-order chi connectivity index (χ1) is 6.30. The SMILES string of the molecule is OB(O)c1ccco1.c1ccoc1. The highest BCUT2D eigenvalue weighted by Gasteiger charge is 2.12. The van der Waals surface area contributed by atoms with Crippen molar-refractivity contribution < 1.29 is 18.9 Å². The van der Waals surface area contributed by atoms with Crippen molar-refractivity contribution in [3.8, 4) is 0 Å². The zero-order chi connectivity index (χ0) is 9.52. The third kappa shape index (κ3) is 3.64. The van der Waals surface area contributed by atoms with Crippen LogP contribution in [0.25, 0.3) is 0 Å². The quantitative estimate of drug-likeness (QED) is 0.616. The van der Waals surface area contributed by atoms with Gasteiger partial charge in [-0.2, -0.15) is 0 Å². The molecule has 0 aliphatic heterocycles. The Labute approximate surface area is 75.6 Å². The molecule has 0 amide bonds. The molecule has 2 heterocycles. The van der Waals surface area contributed by atoms with Gasteiger partial charge in [-0.05, 0) is 24.3 Å². The first-order valence-corrected chi connectivity index (χ1v) is 3.67. The van der Waals surface area contributed by atoms with Crippen molar-refractivity contribution in [3.63, 3.8) is 0 Å². The zero-order valence-corrected chi connectivity index (χ0v) is 6.83. The molecule has 0 radical (unpaired) electrons. The molecular weight excluding hydrogens is 171 g/mol. The van der Waals surface area contributed by atoms with Crippen LogP contribution < -0.4 is 5.66 Å². The Morgan fingerprint density at radius 2 is 1.69 bits per heavy atom. The van der Waals surface area contributed by atoms with E-state index in [0.29, 0.717) is 0 Å². The van der Waals surface area contributed by atoms with Crippen LogP contribution >= 0.6 is 0 Å². The summed E-state index contributed by atoms with van der Waals surface area (Å²) in [5, 5.41) is 16.7. The summed E-state index contributed by atoms with van der Waals surface area (Å²) < 4.78 is 9.18. The van der Waals surface area contributed by atoms with Gasteiger partial charge in [0, 0.05) is 0 Å². The maximum absolute atomic E-state index is 8.37. The zero-order valence-electron chi connectivity index (χ0n) is 6.83. The highest BCUT2D eigenvalue weighted by molar-refractivity contribution is 6.56. The van der Waals surface area contributed by atoms with Gasteiger partial charge in [-0.15, -0.1) is 0 Å². The average Bonchev–Trinajstić information content (AvgIpc) is 2.82. The third-order valence-electron chi connectivity index (χ3n) is 1.22. The third-order valence-corrected chi connectivity index (χ3v) is 1.22. The van der Waals surface area contributed by atoms with Gasteiger partial charge in [0.15, 0.2) is 0 Å². The molecule has 13 heavy (non-hydrogen) atoms. The van der Waals surface area contributed by atoms with Gasteiger partial charge in [-0.3, -0.25) is 0 Å². The predicted molar refractivity (Wildman–Crippen MR) is 47.2 cm³/mol. The molecule has 0 atom stereocenters. The summed E-state index contributed by atoms with van der Waals surface area (Å²) in [5.41, 5.74) is 0.171. The summed E-state index contributed by atoms with van der Waals surface area (Å²) in [7, 11) is -1.48. The van der Waals surface area contributed by atoms with Gasteiger partial charge in [0.1, 0.15) is 5.66 Å². The highest BCUT2D eigenvalue weighted by Crippen LogP contribution is 1.82. The van der Waals surface area contributed by atoms with E-state index in [-0.39, 0.29) is 5.66 Å². The summed E-state index contributed by atoms with van der Waals surface area (Å²) in [6.07, 6.45) is 4.63. The van der Waals surface area contributed by atoms with E-state index >= 15 is 0 Å². The van der Waals surface area contributed by atoms with Gasteiger partial charge >= 0.3 is 7.12 Å². The minimum Gasteiger partial charge on any atom is -0.473 e. The van der Waals surface area contributed by atoms with Crippen molar-refractivity contribution in [2.45, 2.75) is 0 Å². The second kappa shape index (κ2) is 5.24. The van der Waals surface area contributed by atoms with Gasteiger partial charge in [-0.25, -0.2) is 0 Å². The molecule has 5 heteroatoms. The standard InChI is InChI=1S/C4H5BO3.C4H4O/c6-5(7)4-2-1-3-8-4;1-2-4-5-3-1/h1-3,6-7H;1-4H. The highest BCUT2D eigenvalue weighted by atomic mass is 16.4. The van der Waals surface area contributed by atoms with Gasteiger partial charge in [0.2, 0.25) is 0 Å². The van der Waals surface area contributed by atoms with E-state index in [1.165, 1.54) is 12.3 Å². The van der Waals surface area contributed by atoms with Crippen molar-refractivity contribution in [3.05, 3.63) is 43.1 Å². The molecule has 2 N–H and O–H groups in total. The van der Waals surface area contributed by atoms with Crippen molar-refractivity contribution in [2.24, 2.45) is 0 Å². The van der Waals surface area contributed by atoms with Gasteiger partial charge in [-0.1, -0.05) is 0 Å². The molecule has 2 rings (SSSR count). The van der Waals surface area contributed by atoms with E-state index in [2.05, 4.69) is 8.83 Å². The largest absolute Gasteiger partial charge is 0.526 e. The molecule has 2 aromatic heterocycles. The molecule has 4 nitrogen and oxygen atoms in total. The van der Waals surface area contributed by atoms with Crippen LogP contribution in [0.3, 0.4) is 0 Å². The summed E-state index contributed by atoms with van der Waals surface area (Å²) >= 11 is 0. The van der Waals surface area contributed by atoms with Crippen LogP contribution in [-0.2, 0) is 0 Å². The lowest BCUT2D eigenvalue weighted by Crippen LogP contribution is -2.27. The molecule has 0 fully saturated rings. The van der Waals surface area contributed by atoms with Crippen molar-refractivity contribution in [2.75, 3.05) is 0 Å². The van der Waals surface area contributed by atoms with Crippen LogP contribution in [-0.4, -0.2) is 17.2 Å². The molecule has 0 aromatic carbocycles. The molecule has 2 aromatic rings. The lowest BCUT2D eigenvalue weighted by atomic mass is 9.88. The molecule has 0 bridgehead atoms. The number of hydrogen-bond acceptors (Lipinski definition) is 4. The topological polar surface area (TPSA) is 66.7 Å². The Bertz CT molecular complexity index is 271. The van der Waals surface area contributed by atoms with Crippen molar-refractivity contribution in [1.29, 1.82) is 0 Å². The fourth-order valence-corrected chi connectivity index (χ4v) is 0.665. The lowest BCUT2D eigenvalue weighted by Gasteiger charge is -1.86. The fourth-order valence-electron chi connectivity index (χ4n) is 0.665. The molecule has 0 aliphatic rings. The lowest BCUT2D eigenvalue weighted by molar-refractivity contribution is 0.409. The molecule has 0 aliphatic carbocycles. The first-order valence-electron chi connectivity index (χ1n) is 3.67. The molecular formula is C8H9BO4. The normalized spacial score (nSPS) is 8.77. The van der Waals surface area contributed by atoms with E-state index in [4.69, 9.17) is 10.0 Å². The van der Waals surface area contributed by atoms with Crippen LogP contribution in [0.2, 0.25) is 0 Å². The van der Waals surface area contributed by atoms with Crippen LogP contribution in [0, 0.1) is 0 Å². The Kier molecular flexibility index (Phi) is 3.88. The van der Waals surface area contributed by atoms with Crippen molar-refractivity contribution >= 4 is 12.8 Å². The van der Waals surface area contributed by atoms with E-state index in [1.807, 2.05) is 12.1 Å². The van der Waals surface area contributed by atoms with Gasteiger partial charge in [0.25, 0.3) is 0 Å². The second-order valence-corrected chi connectivity index (χ2v) is 2.18. The fraction of sp³-hybridized carbons (Fsp3) is 0. The Morgan fingerprint density at radius 3 is 1.92 bits per heavy atom. The van der Waals surface area contributed by atoms with E-state index in [1.54, 1.807) is 18.6 Å². The summed E-state index contributed by atoms with van der Waals surface area (Å²) in [6.45, 7) is 0. The Hall–Kier alpha value is -1.46. The number of rotatable bonds is 1. The minimum absolute atomic E-state index is 0.171. The van der Waals surface area contributed by atoms with E-state index < -0.39 is 7.12 Å². The van der Waals surface area contributed by atoms with Crippen LogP contribution in [0.15, 0.2) is 51.9 Å². The Morgan fingerprint density at radius 1 is 1.00 bits per heavy atom. The van der Waals surface area contributed by atoms with Crippen LogP contribution in [0.4, 0.5) is 0 Å². The van der Waals surface area contributed by atoms with Gasteiger partial charge in [0.05, 0.1) is 18.8 Å². The second-order valence-electron chi connectivity index (χ2n) is 2.18. The maximum Gasteiger partial charge on any atom is 0.526 e. The van der Waals surface area contributed by atoms with Gasteiger partial charge < -0.3 is 18.9 Å². The molecule has 0 spiro atoms. The number of hydrogen-bond donors (Lipinski definition) is 2. The van der Waals surface area contributed by atoms with Crippen molar-refractivity contribution in [1.82, 2.24) is 0 Å². The molecule has 68 valence electrons.